The van der Waals surface area contributed by atoms with Gasteiger partial charge >= 0.3 is 0 Å². The second-order valence-corrected chi connectivity index (χ2v) is 5.10. The largest absolute Gasteiger partial charge is 0.354 e. The molecule has 1 aromatic rings. The van der Waals surface area contributed by atoms with E-state index < -0.39 is 6.04 Å². The fraction of sp³-hybridized carbons (Fsp3) is 0.643. The van der Waals surface area contributed by atoms with Crippen molar-refractivity contribution in [3.05, 3.63) is 11.8 Å². The third kappa shape index (κ3) is 2.69. The number of amides is 2. The van der Waals surface area contributed by atoms with Crippen molar-refractivity contribution < 1.29 is 9.59 Å². The van der Waals surface area contributed by atoms with Gasteiger partial charge in [-0.3, -0.25) is 14.5 Å². The van der Waals surface area contributed by atoms with Gasteiger partial charge in [0.1, 0.15) is 11.9 Å². The van der Waals surface area contributed by atoms with E-state index in [9.17, 15) is 9.59 Å². The van der Waals surface area contributed by atoms with Crippen LogP contribution in [0.3, 0.4) is 0 Å². The maximum absolute atomic E-state index is 12.3. The first-order valence-corrected chi connectivity index (χ1v) is 7.22. The molecule has 0 fully saturated rings. The van der Waals surface area contributed by atoms with Gasteiger partial charge in [-0.15, -0.1) is 0 Å². The smallest absolute Gasteiger partial charge is 0.243 e. The van der Waals surface area contributed by atoms with Crippen molar-refractivity contribution in [3.8, 4) is 0 Å². The molecule has 1 aliphatic rings. The Morgan fingerprint density at radius 3 is 2.90 bits per heavy atom. The SMILES string of the molecule is CCCNC(=O)C(CC)N1C(=O)CCn2nc(C)cc21. The Morgan fingerprint density at radius 2 is 2.25 bits per heavy atom. The van der Waals surface area contributed by atoms with Crippen LogP contribution < -0.4 is 10.2 Å². The van der Waals surface area contributed by atoms with Crippen molar-refractivity contribution >= 4 is 17.6 Å². The lowest BCUT2D eigenvalue weighted by Crippen LogP contribution is -2.52. The average Bonchev–Trinajstić information content (AvgIpc) is 2.80. The van der Waals surface area contributed by atoms with Gasteiger partial charge in [-0.25, -0.2) is 4.68 Å². The molecule has 1 unspecified atom stereocenters. The van der Waals surface area contributed by atoms with Crippen LogP contribution in [-0.2, 0) is 16.1 Å². The number of aryl methyl sites for hydroxylation is 2. The van der Waals surface area contributed by atoms with E-state index in [4.69, 9.17) is 0 Å². The third-order valence-electron chi connectivity index (χ3n) is 3.48. The highest BCUT2D eigenvalue weighted by Gasteiger charge is 2.34. The Balaban J connectivity index is 2.28. The van der Waals surface area contributed by atoms with Crippen LogP contribution in [0, 0.1) is 6.92 Å². The minimum atomic E-state index is -0.454. The van der Waals surface area contributed by atoms with Crippen LogP contribution in [0.4, 0.5) is 5.82 Å². The standard InChI is InChI=1S/C14H22N4O2/c1-4-7-15-14(20)11(5-2)18-12-9-10(3)16-17(12)8-6-13(18)19/h9,11H,4-8H2,1-3H3,(H,15,20). The summed E-state index contributed by atoms with van der Waals surface area (Å²) < 4.78 is 1.81. The number of hydrogen-bond acceptors (Lipinski definition) is 3. The number of nitrogens with one attached hydrogen (secondary N) is 1. The molecule has 0 aliphatic carbocycles. The zero-order valence-electron chi connectivity index (χ0n) is 12.3. The highest BCUT2D eigenvalue weighted by Crippen LogP contribution is 2.25. The van der Waals surface area contributed by atoms with Crippen LogP contribution in [0.15, 0.2) is 6.07 Å². The molecule has 1 aromatic heterocycles. The molecule has 1 atom stereocenters. The molecular formula is C14H22N4O2. The average molecular weight is 278 g/mol. The van der Waals surface area contributed by atoms with E-state index in [2.05, 4.69) is 10.4 Å². The van der Waals surface area contributed by atoms with Gasteiger partial charge in [0.2, 0.25) is 11.8 Å². The van der Waals surface area contributed by atoms with Crippen molar-refractivity contribution in [1.82, 2.24) is 15.1 Å². The number of carbonyl (C=O) groups is 2. The van der Waals surface area contributed by atoms with Gasteiger partial charge in [-0.1, -0.05) is 13.8 Å². The summed E-state index contributed by atoms with van der Waals surface area (Å²) in [5.41, 5.74) is 0.864. The number of hydrogen-bond donors (Lipinski definition) is 1. The summed E-state index contributed by atoms with van der Waals surface area (Å²) in [6.07, 6.45) is 1.87. The fourth-order valence-electron chi connectivity index (χ4n) is 2.52. The van der Waals surface area contributed by atoms with Crippen molar-refractivity contribution in [1.29, 1.82) is 0 Å². The number of anilines is 1. The number of fused-ring (bicyclic) bond motifs is 1. The maximum atomic E-state index is 12.3. The van der Waals surface area contributed by atoms with Gasteiger partial charge in [0.15, 0.2) is 0 Å². The molecule has 0 radical (unpaired) electrons. The van der Waals surface area contributed by atoms with Crippen LogP contribution >= 0.6 is 0 Å². The molecule has 0 aromatic carbocycles. The first-order chi connectivity index (χ1) is 9.58. The molecular weight excluding hydrogens is 256 g/mol. The molecule has 2 heterocycles. The molecule has 6 heteroatoms. The summed E-state index contributed by atoms with van der Waals surface area (Å²) in [6, 6.07) is 1.41. The topological polar surface area (TPSA) is 67.2 Å². The van der Waals surface area contributed by atoms with Crippen LogP contribution in [0.25, 0.3) is 0 Å². The van der Waals surface area contributed by atoms with Crippen molar-refractivity contribution in [2.24, 2.45) is 0 Å². The lowest BCUT2D eigenvalue weighted by Gasteiger charge is -2.33. The highest BCUT2D eigenvalue weighted by atomic mass is 16.2. The molecule has 1 aliphatic heterocycles. The maximum Gasteiger partial charge on any atom is 0.243 e. The summed E-state index contributed by atoms with van der Waals surface area (Å²) in [6.45, 7) is 7.05. The molecule has 0 bridgehead atoms. The van der Waals surface area contributed by atoms with Gasteiger partial charge in [0, 0.05) is 19.0 Å². The summed E-state index contributed by atoms with van der Waals surface area (Å²) >= 11 is 0. The Morgan fingerprint density at radius 1 is 1.50 bits per heavy atom. The Bertz CT molecular complexity index is 509. The molecule has 2 rings (SSSR count). The van der Waals surface area contributed by atoms with E-state index in [1.165, 1.54) is 0 Å². The number of aromatic nitrogens is 2. The monoisotopic (exact) mass is 278 g/mol. The third-order valence-corrected chi connectivity index (χ3v) is 3.48. The number of rotatable bonds is 5. The molecule has 0 spiro atoms. The minimum Gasteiger partial charge on any atom is -0.354 e. The van der Waals surface area contributed by atoms with Crippen molar-refractivity contribution in [3.63, 3.8) is 0 Å². The first-order valence-electron chi connectivity index (χ1n) is 7.22. The number of carbonyl (C=O) groups excluding carboxylic acids is 2. The van der Waals surface area contributed by atoms with E-state index in [0.29, 0.717) is 25.9 Å². The summed E-state index contributed by atoms with van der Waals surface area (Å²) in [4.78, 5) is 26.1. The molecule has 0 saturated heterocycles. The van der Waals surface area contributed by atoms with Gasteiger partial charge < -0.3 is 5.32 Å². The lowest BCUT2D eigenvalue weighted by atomic mass is 10.1. The van der Waals surface area contributed by atoms with Crippen LogP contribution in [0.2, 0.25) is 0 Å². The normalized spacial score (nSPS) is 15.9. The first kappa shape index (κ1) is 14.6. The van der Waals surface area contributed by atoms with Crippen molar-refractivity contribution in [2.75, 3.05) is 11.4 Å². The summed E-state index contributed by atoms with van der Waals surface area (Å²) in [5.74, 6) is 0.642. The Kier molecular flexibility index (Phi) is 4.42. The molecule has 1 N–H and O–H groups in total. The van der Waals surface area contributed by atoms with Crippen LogP contribution in [0.1, 0.15) is 38.8 Å². The zero-order valence-corrected chi connectivity index (χ0v) is 12.3. The lowest BCUT2D eigenvalue weighted by molar-refractivity contribution is -0.127. The molecule has 0 saturated carbocycles. The molecule has 6 nitrogen and oxygen atoms in total. The van der Waals surface area contributed by atoms with E-state index in [1.54, 1.807) is 4.90 Å². The summed E-state index contributed by atoms with van der Waals surface area (Å²) in [5, 5.41) is 7.24. The number of nitrogens with zero attached hydrogens (tertiary/aromatic N) is 3. The minimum absolute atomic E-state index is 0.00380. The molecule has 20 heavy (non-hydrogen) atoms. The Labute approximate surface area is 119 Å². The predicted molar refractivity (Wildman–Crippen MR) is 76.4 cm³/mol. The highest BCUT2D eigenvalue weighted by molar-refractivity contribution is 6.00. The second-order valence-electron chi connectivity index (χ2n) is 5.10. The fourth-order valence-corrected chi connectivity index (χ4v) is 2.52. The van der Waals surface area contributed by atoms with Crippen LogP contribution in [-0.4, -0.2) is 34.2 Å². The second kappa shape index (κ2) is 6.07. The predicted octanol–water partition coefficient (Wildman–Crippen LogP) is 1.23. The van der Waals surface area contributed by atoms with E-state index in [1.807, 2.05) is 31.5 Å². The van der Waals surface area contributed by atoms with Gasteiger partial charge in [-0.2, -0.15) is 5.10 Å². The van der Waals surface area contributed by atoms with E-state index in [-0.39, 0.29) is 11.8 Å². The van der Waals surface area contributed by atoms with Crippen LogP contribution in [0.5, 0.6) is 0 Å². The van der Waals surface area contributed by atoms with Crippen molar-refractivity contribution in [2.45, 2.75) is 52.6 Å². The molecule has 110 valence electrons. The van der Waals surface area contributed by atoms with Gasteiger partial charge in [-0.05, 0) is 19.8 Å². The van der Waals surface area contributed by atoms with E-state index >= 15 is 0 Å². The zero-order chi connectivity index (χ0) is 14.7. The van der Waals surface area contributed by atoms with Gasteiger partial charge in [0.25, 0.3) is 0 Å². The summed E-state index contributed by atoms with van der Waals surface area (Å²) in [7, 11) is 0. The quantitative estimate of drug-likeness (QED) is 0.881. The molecule has 2 amide bonds. The van der Waals surface area contributed by atoms with E-state index in [0.717, 1.165) is 17.9 Å². The van der Waals surface area contributed by atoms with Gasteiger partial charge in [0.05, 0.1) is 12.2 Å². The Hall–Kier alpha value is -1.85.